The van der Waals surface area contributed by atoms with Crippen LogP contribution in [0, 0.1) is 0 Å². The van der Waals surface area contributed by atoms with Gasteiger partial charge in [0.2, 0.25) is 5.88 Å². The number of alkyl halides is 3. The molecule has 0 aliphatic rings. The van der Waals surface area contributed by atoms with Crippen molar-refractivity contribution in [3.8, 4) is 11.6 Å². The van der Waals surface area contributed by atoms with Crippen molar-refractivity contribution in [2.45, 2.75) is 18.6 Å². The Bertz CT molecular complexity index is 670. The van der Waals surface area contributed by atoms with E-state index < -0.39 is 23.8 Å². The van der Waals surface area contributed by atoms with E-state index in [0.29, 0.717) is 17.5 Å². The quantitative estimate of drug-likeness (QED) is 0.882. The first-order chi connectivity index (χ1) is 10.8. The van der Waals surface area contributed by atoms with E-state index in [2.05, 4.69) is 4.98 Å². The number of aromatic nitrogens is 1. The lowest BCUT2D eigenvalue weighted by Gasteiger charge is -2.09. The molecule has 122 valence electrons. The molecule has 3 N–H and O–H groups in total. The zero-order chi connectivity index (χ0) is 17.0. The number of carboxylic acids is 1. The highest BCUT2D eigenvalue weighted by atomic mass is 19.4. The number of hydrogen-bond acceptors (Lipinski definition) is 4. The van der Waals surface area contributed by atoms with Gasteiger partial charge in [-0.15, -0.1) is 0 Å². The molecule has 2 aromatic rings. The second-order valence-corrected chi connectivity index (χ2v) is 4.78. The van der Waals surface area contributed by atoms with Crippen LogP contribution >= 0.6 is 0 Å². The summed E-state index contributed by atoms with van der Waals surface area (Å²) in [5.41, 5.74) is 5.27. The fourth-order valence-corrected chi connectivity index (χ4v) is 1.76. The third kappa shape index (κ3) is 4.68. The molecule has 0 saturated carbocycles. The summed E-state index contributed by atoms with van der Waals surface area (Å²) in [4.78, 5) is 14.3. The number of ether oxygens (including phenoxy) is 1. The minimum atomic E-state index is -4.45. The maximum absolute atomic E-state index is 12.4. The molecule has 0 spiro atoms. The van der Waals surface area contributed by atoms with E-state index in [4.69, 9.17) is 15.6 Å². The summed E-state index contributed by atoms with van der Waals surface area (Å²) in [6.07, 6.45) is -3.60. The van der Waals surface area contributed by atoms with Gasteiger partial charge in [-0.2, -0.15) is 13.2 Å². The molecule has 5 nitrogen and oxygen atoms in total. The Morgan fingerprint density at radius 2 is 1.87 bits per heavy atom. The van der Waals surface area contributed by atoms with Gasteiger partial charge in [-0.25, -0.2) is 4.98 Å². The number of nitrogens with two attached hydrogens (primary N) is 1. The summed E-state index contributed by atoms with van der Waals surface area (Å²) in [6.45, 7) is 0. The molecule has 2 rings (SSSR count). The third-order valence-corrected chi connectivity index (χ3v) is 2.98. The molecule has 0 fully saturated rings. The van der Waals surface area contributed by atoms with Crippen LogP contribution in [0.15, 0.2) is 42.6 Å². The predicted octanol–water partition coefficient (Wildman–Crippen LogP) is 2.85. The second-order valence-electron chi connectivity index (χ2n) is 4.78. The van der Waals surface area contributed by atoms with Gasteiger partial charge in [-0.05, 0) is 30.2 Å². The molecule has 0 bridgehead atoms. The highest BCUT2D eigenvalue weighted by molar-refractivity contribution is 5.73. The van der Waals surface area contributed by atoms with Crippen molar-refractivity contribution in [3.05, 3.63) is 53.7 Å². The second kappa shape index (κ2) is 6.66. The smallest absolute Gasteiger partial charge is 0.417 e. The first-order valence-corrected chi connectivity index (χ1v) is 6.54. The molecule has 8 heteroatoms. The van der Waals surface area contributed by atoms with Gasteiger partial charge in [0.1, 0.15) is 11.8 Å². The van der Waals surface area contributed by atoms with E-state index in [0.717, 1.165) is 12.1 Å². The molecule has 23 heavy (non-hydrogen) atoms. The number of pyridine rings is 1. The lowest BCUT2D eigenvalue weighted by molar-refractivity contribution is -0.139. The van der Waals surface area contributed by atoms with Crippen LogP contribution in [-0.4, -0.2) is 22.1 Å². The summed E-state index contributed by atoms with van der Waals surface area (Å²) in [5.74, 6) is -0.711. The van der Waals surface area contributed by atoms with Crippen LogP contribution in [0.1, 0.15) is 11.1 Å². The Hall–Kier alpha value is -2.61. The number of hydrogen-bond donors (Lipinski definition) is 2. The standard InChI is InChI=1S/C15H13F3N2O3/c16-15(17,18)10-3-6-13(20-8-10)23-11-4-1-9(2-5-11)7-12(19)14(21)22/h1-6,8,12H,7,19H2,(H,21,22)/t12-/m0/s1. The lowest BCUT2D eigenvalue weighted by Crippen LogP contribution is -2.32. The van der Waals surface area contributed by atoms with Crippen LogP contribution in [-0.2, 0) is 17.4 Å². The summed E-state index contributed by atoms with van der Waals surface area (Å²) >= 11 is 0. The van der Waals surface area contributed by atoms with Crippen LogP contribution in [0.5, 0.6) is 11.6 Å². The zero-order valence-electron chi connectivity index (χ0n) is 11.7. The molecule has 1 aromatic heterocycles. The summed E-state index contributed by atoms with van der Waals surface area (Å²) in [7, 11) is 0. The average Bonchev–Trinajstić information content (AvgIpc) is 2.49. The van der Waals surface area contributed by atoms with Crippen molar-refractivity contribution in [2.24, 2.45) is 5.73 Å². The lowest BCUT2D eigenvalue weighted by atomic mass is 10.1. The van der Waals surface area contributed by atoms with E-state index >= 15 is 0 Å². The maximum atomic E-state index is 12.4. The number of aliphatic carboxylic acids is 1. The molecule has 0 aliphatic heterocycles. The molecule has 0 saturated heterocycles. The number of halogens is 3. The molecule has 0 aliphatic carbocycles. The first kappa shape index (κ1) is 16.8. The van der Waals surface area contributed by atoms with E-state index in [1.807, 2.05) is 0 Å². The average molecular weight is 326 g/mol. The van der Waals surface area contributed by atoms with Crippen LogP contribution in [0.25, 0.3) is 0 Å². The summed E-state index contributed by atoms with van der Waals surface area (Å²) in [5, 5.41) is 8.73. The van der Waals surface area contributed by atoms with Crippen LogP contribution in [0.2, 0.25) is 0 Å². The third-order valence-electron chi connectivity index (χ3n) is 2.98. The minimum absolute atomic E-state index is 0.0213. The van der Waals surface area contributed by atoms with Crippen molar-refractivity contribution in [3.63, 3.8) is 0 Å². The van der Waals surface area contributed by atoms with Crippen LogP contribution in [0.3, 0.4) is 0 Å². The van der Waals surface area contributed by atoms with E-state index in [1.54, 1.807) is 24.3 Å². The number of carbonyl (C=O) groups is 1. The van der Waals surface area contributed by atoms with Gasteiger partial charge in [0.25, 0.3) is 0 Å². The number of benzene rings is 1. The van der Waals surface area contributed by atoms with Gasteiger partial charge in [0, 0.05) is 12.3 Å². The maximum Gasteiger partial charge on any atom is 0.417 e. The highest BCUT2D eigenvalue weighted by Gasteiger charge is 2.30. The van der Waals surface area contributed by atoms with Crippen LogP contribution in [0.4, 0.5) is 13.2 Å². The van der Waals surface area contributed by atoms with Crippen LogP contribution < -0.4 is 10.5 Å². The van der Waals surface area contributed by atoms with Crippen molar-refractivity contribution < 1.29 is 27.8 Å². The molecule has 1 aromatic carbocycles. The Morgan fingerprint density at radius 1 is 1.22 bits per heavy atom. The summed E-state index contributed by atoms with van der Waals surface area (Å²) < 4.78 is 42.6. The molecule has 0 unspecified atom stereocenters. The Balaban J connectivity index is 2.02. The first-order valence-electron chi connectivity index (χ1n) is 6.54. The highest BCUT2D eigenvalue weighted by Crippen LogP contribution is 2.30. The fraction of sp³-hybridized carbons (Fsp3) is 0.200. The molecular weight excluding hydrogens is 313 g/mol. The summed E-state index contributed by atoms with van der Waals surface area (Å²) in [6, 6.07) is 7.37. The minimum Gasteiger partial charge on any atom is -0.480 e. The Morgan fingerprint density at radius 3 is 2.35 bits per heavy atom. The van der Waals surface area contributed by atoms with Crippen molar-refractivity contribution in [1.82, 2.24) is 4.98 Å². The van der Waals surface area contributed by atoms with Gasteiger partial charge in [0.15, 0.2) is 0 Å². The number of carboxylic acid groups (broad SMARTS) is 1. The normalized spacial score (nSPS) is 12.7. The molecule has 1 heterocycles. The SMILES string of the molecule is N[C@@H](Cc1ccc(Oc2ccc(C(F)(F)F)cn2)cc1)C(=O)O. The Labute approximate surface area is 129 Å². The molecule has 0 radical (unpaired) electrons. The zero-order valence-corrected chi connectivity index (χ0v) is 11.7. The van der Waals surface area contributed by atoms with Gasteiger partial charge in [-0.3, -0.25) is 4.79 Å². The number of nitrogens with zero attached hydrogens (tertiary/aromatic N) is 1. The number of rotatable bonds is 5. The van der Waals surface area contributed by atoms with E-state index in [1.165, 1.54) is 0 Å². The van der Waals surface area contributed by atoms with Gasteiger partial charge >= 0.3 is 12.1 Å². The molecule has 1 atom stereocenters. The van der Waals surface area contributed by atoms with Gasteiger partial charge in [0.05, 0.1) is 5.56 Å². The monoisotopic (exact) mass is 326 g/mol. The van der Waals surface area contributed by atoms with E-state index in [9.17, 15) is 18.0 Å². The Kier molecular flexibility index (Phi) is 4.85. The predicted molar refractivity (Wildman–Crippen MR) is 75.1 cm³/mol. The topological polar surface area (TPSA) is 85.4 Å². The largest absolute Gasteiger partial charge is 0.480 e. The molecule has 0 amide bonds. The van der Waals surface area contributed by atoms with Crippen molar-refractivity contribution in [1.29, 1.82) is 0 Å². The van der Waals surface area contributed by atoms with Gasteiger partial charge < -0.3 is 15.6 Å². The van der Waals surface area contributed by atoms with Crippen molar-refractivity contribution >= 4 is 5.97 Å². The van der Waals surface area contributed by atoms with Crippen molar-refractivity contribution in [2.75, 3.05) is 0 Å². The van der Waals surface area contributed by atoms with Gasteiger partial charge in [-0.1, -0.05) is 12.1 Å². The van der Waals surface area contributed by atoms with E-state index in [-0.39, 0.29) is 12.3 Å². The fourth-order valence-electron chi connectivity index (χ4n) is 1.76. The molecular formula is C15H13F3N2O3.